The van der Waals surface area contributed by atoms with E-state index in [1.807, 2.05) is 0 Å². The number of ether oxygens (including phenoxy) is 1. The first-order valence-electron chi connectivity index (χ1n) is 5.67. The molecule has 1 aromatic rings. The van der Waals surface area contributed by atoms with Crippen molar-refractivity contribution in [3.05, 3.63) is 34.6 Å². The van der Waals surface area contributed by atoms with Crippen LogP contribution in [0.15, 0.2) is 18.2 Å². The molecule has 1 aromatic carbocycles. The topological polar surface area (TPSA) is 38.5 Å². The van der Waals surface area contributed by atoms with Gasteiger partial charge in [-0.05, 0) is 23.8 Å². The quantitative estimate of drug-likeness (QED) is 0.896. The number of hydrogen-bond acceptors (Lipinski definition) is 3. The van der Waals surface area contributed by atoms with Crippen molar-refractivity contribution in [3.8, 4) is 0 Å². The summed E-state index contributed by atoms with van der Waals surface area (Å²) in [5.41, 5.74) is 6.38. The van der Waals surface area contributed by atoms with Crippen molar-refractivity contribution in [1.29, 1.82) is 0 Å². The molecule has 0 amide bonds. The van der Waals surface area contributed by atoms with E-state index in [2.05, 4.69) is 4.90 Å². The second kappa shape index (κ2) is 5.78. The van der Waals surface area contributed by atoms with Crippen molar-refractivity contribution in [2.24, 2.45) is 5.73 Å². The second-order valence-electron chi connectivity index (χ2n) is 4.20. The minimum absolute atomic E-state index is 0.0658. The lowest BCUT2D eigenvalue weighted by atomic mass is 10.2. The van der Waals surface area contributed by atoms with E-state index in [1.165, 1.54) is 12.1 Å². The average molecular weight is 259 g/mol. The molecule has 3 nitrogen and oxygen atoms in total. The predicted molar refractivity (Wildman–Crippen MR) is 65.5 cm³/mol. The van der Waals surface area contributed by atoms with E-state index in [9.17, 15) is 4.39 Å². The van der Waals surface area contributed by atoms with Crippen molar-refractivity contribution in [2.75, 3.05) is 26.2 Å². The molecule has 0 spiro atoms. The van der Waals surface area contributed by atoms with Gasteiger partial charge in [0.2, 0.25) is 0 Å². The third-order valence-corrected chi connectivity index (χ3v) is 3.26. The smallest absolute Gasteiger partial charge is 0.123 e. The molecule has 1 fully saturated rings. The zero-order valence-corrected chi connectivity index (χ0v) is 10.3. The summed E-state index contributed by atoms with van der Waals surface area (Å²) in [6.07, 6.45) is 0.0658. The zero-order valence-electron chi connectivity index (χ0n) is 9.53. The van der Waals surface area contributed by atoms with Crippen molar-refractivity contribution in [2.45, 2.75) is 12.6 Å². The summed E-state index contributed by atoms with van der Waals surface area (Å²) in [6.45, 7) is 3.39. The lowest BCUT2D eigenvalue weighted by molar-refractivity contribution is -0.0260. The minimum atomic E-state index is -0.256. The molecule has 5 heteroatoms. The molecule has 0 aliphatic carbocycles. The summed E-state index contributed by atoms with van der Waals surface area (Å²) in [5.74, 6) is -0.256. The van der Waals surface area contributed by atoms with E-state index in [4.69, 9.17) is 22.1 Å². The van der Waals surface area contributed by atoms with Gasteiger partial charge >= 0.3 is 0 Å². The molecule has 0 saturated carbocycles. The highest BCUT2D eigenvalue weighted by Crippen LogP contribution is 2.20. The van der Waals surface area contributed by atoms with Crippen LogP contribution in [-0.4, -0.2) is 37.2 Å². The molecule has 1 aliphatic heterocycles. The van der Waals surface area contributed by atoms with Gasteiger partial charge in [0, 0.05) is 31.2 Å². The van der Waals surface area contributed by atoms with Crippen LogP contribution in [0.25, 0.3) is 0 Å². The standard InChI is InChI=1S/C12H16ClFN2O/c13-12-2-1-10(14)5-9(12)7-16-3-4-17-11(6-15)8-16/h1-2,5,11H,3-4,6-8,15H2. The van der Waals surface area contributed by atoms with E-state index in [-0.39, 0.29) is 11.9 Å². The van der Waals surface area contributed by atoms with Crippen LogP contribution in [0.1, 0.15) is 5.56 Å². The zero-order chi connectivity index (χ0) is 12.3. The third kappa shape index (κ3) is 3.39. The number of benzene rings is 1. The second-order valence-corrected chi connectivity index (χ2v) is 4.61. The summed E-state index contributed by atoms with van der Waals surface area (Å²) < 4.78 is 18.6. The summed E-state index contributed by atoms with van der Waals surface area (Å²) in [6, 6.07) is 4.44. The maximum Gasteiger partial charge on any atom is 0.123 e. The van der Waals surface area contributed by atoms with Crippen molar-refractivity contribution in [3.63, 3.8) is 0 Å². The lowest BCUT2D eigenvalue weighted by Gasteiger charge is -2.32. The van der Waals surface area contributed by atoms with Gasteiger partial charge in [0.05, 0.1) is 12.7 Å². The Balaban J connectivity index is 2.02. The molecule has 2 N–H and O–H groups in total. The lowest BCUT2D eigenvalue weighted by Crippen LogP contribution is -2.45. The van der Waals surface area contributed by atoms with Crippen LogP contribution in [0.3, 0.4) is 0 Å². The summed E-state index contributed by atoms with van der Waals surface area (Å²) >= 11 is 6.04. The highest BCUT2D eigenvalue weighted by molar-refractivity contribution is 6.31. The Hall–Kier alpha value is -0.680. The van der Waals surface area contributed by atoms with Crippen molar-refractivity contribution in [1.82, 2.24) is 4.90 Å². The van der Waals surface area contributed by atoms with Gasteiger partial charge in [0.25, 0.3) is 0 Å². The molecule has 1 aliphatic rings. The van der Waals surface area contributed by atoms with E-state index in [0.717, 1.165) is 18.7 Å². The molecule has 1 heterocycles. The Morgan fingerprint density at radius 3 is 3.12 bits per heavy atom. The number of nitrogens with zero attached hydrogens (tertiary/aromatic N) is 1. The normalized spacial score (nSPS) is 21.7. The molecule has 0 aromatic heterocycles. The van der Waals surface area contributed by atoms with Gasteiger partial charge in [-0.15, -0.1) is 0 Å². The Morgan fingerprint density at radius 2 is 2.35 bits per heavy atom. The molecule has 1 unspecified atom stereocenters. The van der Waals surface area contributed by atoms with E-state index in [1.54, 1.807) is 6.07 Å². The van der Waals surface area contributed by atoms with Gasteiger partial charge in [-0.1, -0.05) is 11.6 Å². The van der Waals surface area contributed by atoms with E-state index < -0.39 is 0 Å². The minimum Gasteiger partial charge on any atom is -0.374 e. The molecule has 1 atom stereocenters. The predicted octanol–water partition coefficient (Wildman–Crippen LogP) is 1.64. The number of halogens is 2. The van der Waals surface area contributed by atoms with Gasteiger partial charge in [0.1, 0.15) is 5.82 Å². The first-order valence-corrected chi connectivity index (χ1v) is 6.05. The Labute approximate surface area is 105 Å². The maximum absolute atomic E-state index is 13.1. The van der Waals surface area contributed by atoms with Crippen molar-refractivity contribution >= 4 is 11.6 Å². The Kier molecular flexibility index (Phi) is 4.34. The number of nitrogens with two attached hydrogens (primary N) is 1. The first kappa shape index (κ1) is 12.8. The van der Waals surface area contributed by atoms with Gasteiger partial charge in [-0.3, -0.25) is 4.90 Å². The SMILES string of the molecule is NCC1CN(Cc2cc(F)ccc2Cl)CCO1. The highest BCUT2D eigenvalue weighted by Gasteiger charge is 2.19. The molecular formula is C12H16ClFN2O. The maximum atomic E-state index is 13.1. The molecular weight excluding hydrogens is 243 g/mol. The van der Waals surface area contributed by atoms with Gasteiger partial charge in [-0.2, -0.15) is 0 Å². The summed E-state index contributed by atoms with van der Waals surface area (Å²) in [4.78, 5) is 2.18. The fraction of sp³-hybridized carbons (Fsp3) is 0.500. The van der Waals surface area contributed by atoms with Gasteiger partial charge in [0.15, 0.2) is 0 Å². The number of hydrogen-bond donors (Lipinski definition) is 1. The van der Waals surface area contributed by atoms with Gasteiger partial charge in [-0.25, -0.2) is 4.39 Å². The largest absolute Gasteiger partial charge is 0.374 e. The van der Waals surface area contributed by atoms with E-state index in [0.29, 0.717) is 24.7 Å². The van der Waals surface area contributed by atoms with Crippen LogP contribution in [0, 0.1) is 5.82 Å². The molecule has 1 saturated heterocycles. The molecule has 94 valence electrons. The fourth-order valence-electron chi connectivity index (χ4n) is 1.97. The fourth-order valence-corrected chi connectivity index (χ4v) is 2.15. The average Bonchev–Trinajstić information content (AvgIpc) is 2.34. The highest BCUT2D eigenvalue weighted by atomic mass is 35.5. The monoisotopic (exact) mass is 258 g/mol. The van der Waals surface area contributed by atoms with Crippen molar-refractivity contribution < 1.29 is 9.13 Å². The summed E-state index contributed by atoms with van der Waals surface area (Å²) in [5, 5.41) is 0.599. The van der Waals surface area contributed by atoms with Crippen LogP contribution in [0.2, 0.25) is 5.02 Å². The molecule has 0 radical (unpaired) electrons. The Bertz CT molecular complexity index is 389. The molecule has 0 bridgehead atoms. The third-order valence-electron chi connectivity index (χ3n) is 2.89. The van der Waals surface area contributed by atoms with Crippen LogP contribution in [0.5, 0.6) is 0 Å². The van der Waals surface area contributed by atoms with Crippen LogP contribution in [-0.2, 0) is 11.3 Å². The Morgan fingerprint density at radius 1 is 1.53 bits per heavy atom. The van der Waals surface area contributed by atoms with Crippen LogP contribution in [0.4, 0.5) is 4.39 Å². The molecule has 17 heavy (non-hydrogen) atoms. The number of morpholine rings is 1. The number of rotatable bonds is 3. The van der Waals surface area contributed by atoms with E-state index >= 15 is 0 Å². The first-order chi connectivity index (χ1) is 8.19. The molecule has 2 rings (SSSR count). The van der Waals surface area contributed by atoms with Crippen LogP contribution < -0.4 is 5.73 Å². The van der Waals surface area contributed by atoms with Gasteiger partial charge < -0.3 is 10.5 Å². The van der Waals surface area contributed by atoms with Crippen LogP contribution >= 0.6 is 11.6 Å². The summed E-state index contributed by atoms with van der Waals surface area (Å²) in [7, 11) is 0.